The third-order valence-electron chi connectivity index (χ3n) is 3.26. The highest BCUT2D eigenvalue weighted by Gasteiger charge is 2.23. The van der Waals surface area contributed by atoms with Gasteiger partial charge in [-0.2, -0.15) is 0 Å². The van der Waals surface area contributed by atoms with E-state index in [0.29, 0.717) is 11.1 Å². The Morgan fingerprint density at radius 3 is 2.47 bits per heavy atom. The van der Waals surface area contributed by atoms with Crippen molar-refractivity contribution in [1.82, 2.24) is 4.98 Å². The summed E-state index contributed by atoms with van der Waals surface area (Å²) < 4.78 is 0. The number of H-pyrrole nitrogens is 1. The lowest BCUT2D eigenvalue weighted by molar-refractivity contribution is -0.382. The van der Waals surface area contributed by atoms with Crippen LogP contribution in [0.4, 0.5) is 5.69 Å². The number of rotatable bonds is 2. The van der Waals surface area contributed by atoms with Crippen molar-refractivity contribution < 1.29 is 4.92 Å². The van der Waals surface area contributed by atoms with E-state index in [-0.39, 0.29) is 10.6 Å². The molecule has 0 aliphatic heterocycles. The molecule has 94 valence electrons. The second-order valence-electron chi connectivity index (χ2n) is 4.47. The molecule has 0 atom stereocenters. The fraction of sp³-hybridized carbons (Fsp3) is 0.0667. The first-order valence-electron chi connectivity index (χ1n) is 5.99. The molecule has 0 saturated heterocycles. The van der Waals surface area contributed by atoms with Gasteiger partial charge in [0.2, 0.25) is 0 Å². The normalized spacial score (nSPS) is 10.8. The Balaban J connectivity index is 2.39. The second-order valence-corrected chi connectivity index (χ2v) is 4.47. The molecule has 4 heteroatoms. The summed E-state index contributed by atoms with van der Waals surface area (Å²) in [6.45, 7) is 1.94. The van der Waals surface area contributed by atoms with Crippen molar-refractivity contribution in [3.8, 4) is 11.3 Å². The van der Waals surface area contributed by atoms with E-state index in [0.717, 1.165) is 16.6 Å². The maximum Gasteiger partial charge on any atom is 0.302 e. The van der Waals surface area contributed by atoms with Gasteiger partial charge in [-0.15, -0.1) is 0 Å². The van der Waals surface area contributed by atoms with E-state index in [4.69, 9.17) is 0 Å². The molecule has 0 amide bonds. The van der Waals surface area contributed by atoms with E-state index in [9.17, 15) is 10.1 Å². The topological polar surface area (TPSA) is 58.9 Å². The first-order valence-corrected chi connectivity index (χ1v) is 5.99. The summed E-state index contributed by atoms with van der Waals surface area (Å²) in [7, 11) is 0. The summed E-state index contributed by atoms with van der Waals surface area (Å²) in [6.07, 6.45) is 0. The molecule has 2 aromatic carbocycles. The summed E-state index contributed by atoms with van der Waals surface area (Å²) in [5, 5.41) is 12.0. The van der Waals surface area contributed by atoms with Crippen LogP contribution in [0, 0.1) is 17.0 Å². The minimum absolute atomic E-state index is 0.143. The number of benzene rings is 2. The molecular formula is C15H12N2O2. The Morgan fingerprint density at radius 2 is 1.79 bits per heavy atom. The molecule has 19 heavy (non-hydrogen) atoms. The van der Waals surface area contributed by atoms with Crippen molar-refractivity contribution in [1.29, 1.82) is 0 Å². The monoisotopic (exact) mass is 252 g/mol. The van der Waals surface area contributed by atoms with E-state index in [1.165, 1.54) is 0 Å². The van der Waals surface area contributed by atoms with E-state index < -0.39 is 0 Å². The SMILES string of the molecule is Cc1cccc2c([N+](=O)[O-])c(-c3ccccc3)[nH]c12. The molecule has 0 unspecified atom stereocenters. The fourth-order valence-corrected chi connectivity index (χ4v) is 2.35. The third kappa shape index (κ3) is 1.78. The minimum atomic E-state index is -0.319. The number of hydrogen-bond donors (Lipinski definition) is 1. The van der Waals surface area contributed by atoms with Crippen LogP contribution in [0.3, 0.4) is 0 Å². The molecule has 4 nitrogen and oxygen atoms in total. The summed E-state index contributed by atoms with van der Waals surface area (Å²) in [6, 6.07) is 14.9. The number of aryl methyl sites for hydroxylation is 1. The Labute approximate surface area is 109 Å². The molecule has 0 aliphatic rings. The van der Waals surface area contributed by atoms with Crippen molar-refractivity contribution >= 4 is 16.6 Å². The van der Waals surface area contributed by atoms with E-state index in [1.54, 1.807) is 6.07 Å². The predicted octanol–water partition coefficient (Wildman–Crippen LogP) is 4.05. The van der Waals surface area contributed by atoms with E-state index in [1.807, 2.05) is 49.4 Å². The Bertz CT molecular complexity index is 760. The Hall–Kier alpha value is -2.62. The van der Waals surface area contributed by atoms with Gasteiger partial charge >= 0.3 is 5.69 Å². The summed E-state index contributed by atoms with van der Waals surface area (Å²) >= 11 is 0. The van der Waals surface area contributed by atoms with Crippen LogP contribution >= 0.6 is 0 Å². The lowest BCUT2D eigenvalue weighted by atomic mass is 10.1. The Kier molecular flexibility index (Phi) is 2.56. The van der Waals surface area contributed by atoms with E-state index in [2.05, 4.69) is 4.98 Å². The molecule has 3 aromatic rings. The van der Waals surface area contributed by atoms with Crippen molar-refractivity contribution in [3.63, 3.8) is 0 Å². The largest absolute Gasteiger partial charge is 0.348 e. The smallest absolute Gasteiger partial charge is 0.302 e. The van der Waals surface area contributed by atoms with Crippen LogP contribution in [0.1, 0.15) is 5.56 Å². The number of nitro groups is 1. The van der Waals surface area contributed by atoms with Crippen LogP contribution in [-0.4, -0.2) is 9.91 Å². The van der Waals surface area contributed by atoms with Gasteiger partial charge in [0.05, 0.1) is 15.8 Å². The zero-order valence-corrected chi connectivity index (χ0v) is 10.4. The maximum atomic E-state index is 11.4. The molecule has 1 heterocycles. The van der Waals surface area contributed by atoms with Crippen LogP contribution in [0.15, 0.2) is 48.5 Å². The quantitative estimate of drug-likeness (QED) is 0.552. The van der Waals surface area contributed by atoms with Gasteiger partial charge < -0.3 is 4.98 Å². The number of nitrogens with zero attached hydrogens (tertiary/aromatic N) is 1. The van der Waals surface area contributed by atoms with Crippen LogP contribution in [0.5, 0.6) is 0 Å². The van der Waals surface area contributed by atoms with Gasteiger partial charge in [-0.25, -0.2) is 0 Å². The van der Waals surface area contributed by atoms with Crippen LogP contribution in [0.25, 0.3) is 22.2 Å². The van der Waals surface area contributed by atoms with Gasteiger partial charge in [-0.3, -0.25) is 10.1 Å². The summed E-state index contributed by atoms with van der Waals surface area (Å²) in [4.78, 5) is 14.2. The van der Waals surface area contributed by atoms with Crippen LogP contribution in [-0.2, 0) is 0 Å². The molecule has 1 aromatic heterocycles. The number of para-hydroxylation sites is 1. The van der Waals surface area contributed by atoms with Crippen molar-refractivity contribution in [2.24, 2.45) is 0 Å². The predicted molar refractivity (Wildman–Crippen MR) is 75.1 cm³/mol. The molecule has 0 spiro atoms. The number of aromatic amines is 1. The minimum Gasteiger partial charge on any atom is -0.348 e. The second kappa shape index (κ2) is 4.24. The molecule has 0 bridgehead atoms. The van der Waals surface area contributed by atoms with Crippen LogP contribution < -0.4 is 0 Å². The lowest BCUT2D eigenvalue weighted by Gasteiger charge is -1.97. The molecular weight excluding hydrogens is 240 g/mol. The summed E-state index contributed by atoms with van der Waals surface area (Å²) in [5.74, 6) is 0. The van der Waals surface area contributed by atoms with Crippen molar-refractivity contribution in [2.45, 2.75) is 6.92 Å². The Morgan fingerprint density at radius 1 is 1.05 bits per heavy atom. The van der Waals surface area contributed by atoms with E-state index >= 15 is 0 Å². The van der Waals surface area contributed by atoms with Gasteiger partial charge in [0.25, 0.3) is 0 Å². The number of hydrogen-bond acceptors (Lipinski definition) is 2. The van der Waals surface area contributed by atoms with Crippen molar-refractivity contribution in [2.75, 3.05) is 0 Å². The number of fused-ring (bicyclic) bond motifs is 1. The molecule has 0 saturated carbocycles. The van der Waals surface area contributed by atoms with Crippen LogP contribution in [0.2, 0.25) is 0 Å². The average Bonchev–Trinajstić information content (AvgIpc) is 2.81. The average molecular weight is 252 g/mol. The highest BCUT2D eigenvalue weighted by molar-refractivity contribution is 5.98. The standard InChI is InChI=1S/C15H12N2O2/c1-10-6-5-9-12-13(10)16-14(15(12)17(18)19)11-7-3-2-4-8-11/h2-9,16H,1H3. The molecule has 3 rings (SSSR count). The molecule has 1 N–H and O–H groups in total. The molecule has 0 aliphatic carbocycles. The zero-order valence-electron chi connectivity index (χ0n) is 10.4. The molecule has 0 radical (unpaired) electrons. The summed E-state index contributed by atoms with van der Waals surface area (Å²) in [5.41, 5.74) is 3.36. The third-order valence-corrected chi connectivity index (χ3v) is 3.26. The number of aromatic nitrogens is 1. The van der Waals surface area contributed by atoms with Crippen molar-refractivity contribution in [3.05, 3.63) is 64.2 Å². The maximum absolute atomic E-state index is 11.4. The van der Waals surface area contributed by atoms with Gasteiger partial charge in [0, 0.05) is 5.56 Å². The first kappa shape index (κ1) is 11.5. The van der Waals surface area contributed by atoms with Gasteiger partial charge in [-0.1, -0.05) is 42.5 Å². The zero-order chi connectivity index (χ0) is 13.4. The highest BCUT2D eigenvalue weighted by Crippen LogP contribution is 2.37. The highest BCUT2D eigenvalue weighted by atomic mass is 16.6. The number of nitrogens with one attached hydrogen (secondary N) is 1. The van der Waals surface area contributed by atoms with Gasteiger partial charge in [0.1, 0.15) is 5.69 Å². The molecule has 0 fully saturated rings. The van der Waals surface area contributed by atoms with Gasteiger partial charge in [-0.05, 0) is 18.6 Å². The first-order chi connectivity index (χ1) is 9.18. The lowest BCUT2D eigenvalue weighted by Crippen LogP contribution is -1.89. The van der Waals surface area contributed by atoms with Gasteiger partial charge in [0.15, 0.2) is 0 Å². The fourth-order valence-electron chi connectivity index (χ4n) is 2.35.